The molecule has 0 bridgehead atoms. The molecule has 0 fully saturated rings. The number of methoxy groups -OCH3 is 3. The van der Waals surface area contributed by atoms with E-state index in [9.17, 15) is 13.2 Å². The zero-order valence-electron chi connectivity index (χ0n) is 17.8. The zero-order valence-corrected chi connectivity index (χ0v) is 19.5. The molecule has 2 aromatic carbocycles. The minimum Gasteiger partial charge on any atom is -0.493 e. The van der Waals surface area contributed by atoms with E-state index in [4.69, 9.17) is 14.2 Å². The monoisotopic (exact) mass is 478 g/mol. The van der Waals surface area contributed by atoms with Gasteiger partial charge in [0.15, 0.2) is 11.5 Å². The van der Waals surface area contributed by atoms with Gasteiger partial charge >= 0.3 is 0 Å². The fraction of sp³-hybridized carbons (Fsp3) is 0.250. The lowest BCUT2D eigenvalue weighted by molar-refractivity contribution is 0.102. The number of rotatable bonds is 9. The highest BCUT2D eigenvalue weighted by molar-refractivity contribution is 7.91. The Balaban J connectivity index is 1.71. The number of carbonyl (C=O) groups is 1. The summed E-state index contributed by atoms with van der Waals surface area (Å²) in [5, 5.41) is 10.1. The summed E-state index contributed by atoms with van der Waals surface area (Å²) in [6.45, 7) is 1.86. The number of anilines is 1. The molecule has 1 aromatic heterocycles. The lowest BCUT2D eigenvalue weighted by Crippen LogP contribution is -2.23. The highest BCUT2D eigenvalue weighted by atomic mass is 32.2. The molecule has 3 rings (SSSR count). The van der Waals surface area contributed by atoms with E-state index in [1.807, 2.05) is 6.92 Å². The van der Waals surface area contributed by atoms with E-state index in [1.165, 1.54) is 21.3 Å². The highest BCUT2D eigenvalue weighted by Gasteiger charge is 2.22. The highest BCUT2D eigenvalue weighted by Crippen LogP contribution is 2.38. The molecular weight excluding hydrogens is 456 g/mol. The van der Waals surface area contributed by atoms with E-state index in [0.717, 1.165) is 16.9 Å². The number of hydrogen-bond acceptors (Lipinski definition) is 9. The summed E-state index contributed by atoms with van der Waals surface area (Å²) in [5.74, 6) is 0.798. The van der Waals surface area contributed by atoms with Gasteiger partial charge in [0, 0.05) is 12.1 Å². The van der Waals surface area contributed by atoms with Crippen molar-refractivity contribution < 1.29 is 27.4 Å². The van der Waals surface area contributed by atoms with Crippen molar-refractivity contribution in [1.29, 1.82) is 0 Å². The summed E-state index contributed by atoms with van der Waals surface area (Å²) < 4.78 is 43.3. The Labute approximate surface area is 189 Å². The number of sulfonamides is 1. The average molecular weight is 479 g/mol. The minimum absolute atomic E-state index is 0.0519. The molecule has 0 atom stereocenters. The Morgan fingerprint density at radius 2 is 1.62 bits per heavy atom. The van der Waals surface area contributed by atoms with Crippen LogP contribution in [-0.2, 0) is 16.6 Å². The van der Waals surface area contributed by atoms with Gasteiger partial charge in [0.25, 0.3) is 15.9 Å². The van der Waals surface area contributed by atoms with Crippen LogP contribution in [-0.4, -0.2) is 45.9 Å². The maximum Gasteiger partial charge on any atom is 0.270 e. The SMILES string of the molecule is COc1cc(CNS(=O)(=O)c2nnc(NC(=O)c3ccc(C)cc3)s2)cc(OC)c1OC. The normalized spacial score (nSPS) is 11.1. The number of amides is 1. The molecule has 32 heavy (non-hydrogen) atoms. The van der Waals surface area contributed by atoms with Crippen LogP contribution in [0.5, 0.6) is 17.2 Å². The Hall–Kier alpha value is -3.22. The van der Waals surface area contributed by atoms with E-state index in [2.05, 4.69) is 20.2 Å². The number of carbonyl (C=O) groups excluding carboxylic acids is 1. The van der Waals surface area contributed by atoms with E-state index in [0.29, 0.717) is 28.4 Å². The molecule has 170 valence electrons. The smallest absolute Gasteiger partial charge is 0.270 e. The number of benzene rings is 2. The topological polar surface area (TPSA) is 129 Å². The van der Waals surface area contributed by atoms with Crippen molar-refractivity contribution in [2.24, 2.45) is 0 Å². The molecule has 2 N–H and O–H groups in total. The molecule has 1 amide bonds. The lowest BCUT2D eigenvalue weighted by atomic mass is 10.1. The fourth-order valence-corrected chi connectivity index (χ4v) is 4.67. The molecule has 0 aliphatic heterocycles. The second-order valence-corrected chi connectivity index (χ2v) is 9.47. The summed E-state index contributed by atoms with van der Waals surface area (Å²) in [6.07, 6.45) is 0. The first-order valence-electron chi connectivity index (χ1n) is 9.27. The molecular formula is C20H22N4O6S2. The van der Waals surface area contributed by atoms with Crippen molar-refractivity contribution in [2.75, 3.05) is 26.6 Å². The second kappa shape index (κ2) is 9.94. The van der Waals surface area contributed by atoms with Crippen LogP contribution in [0.4, 0.5) is 5.13 Å². The van der Waals surface area contributed by atoms with Crippen LogP contribution in [0, 0.1) is 6.92 Å². The van der Waals surface area contributed by atoms with Crippen LogP contribution in [0.15, 0.2) is 40.7 Å². The van der Waals surface area contributed by atoms with E-state index in [1.54, 1.807) is 36.4 Å². The Bertz CT molecular complexity index is 1180. The lowest BCUT2D eigenvalue weighted by Gasteiger charge is -2.14. The molecule has 12 heteroatoms. The van der Waals surface area contributed by atoms with Crippen molar-refractivity contribution in [2.45, 2.75) is 17.8 Å². The molecule has 1 heterocycles. The molecule has 3 aromatic rings. The third-order valence-electron chi connectivity index (χ3n) is 4.36. The van der Waals surface area contributed by atoms with Gasteiger partial charge in [-0.2, -0.15) is 0 Å². The average Bonchev–Trinajstić information content (AvgIpc) is 3.26. The number of aryl methyl sites for hydroxylation is 1. The van der Waals surface area contributed by atoms with Crippen molar-refractivity contribution in [3.63, 3.8) is 0 Å². The quantitative estimate of drug-likeness (QED) is 0.449. The Kier molecular flexibility index (Phi) is 7.28. The molecule has 0 saturated heterocycles. The molecule has 0 unspecified atom stereocenters. The van der Waals surface area contributed by atoms with Crippen molar-refractivity contribution in [1.82, 2.24) is 14.9 Å². The third kappa shape index (κ3) is 5.33. The fourth-order valence-electron chi connectivity index (χ4n) is 2.72. The van der Waals surface area contributed by atoms with Crippen LogP contribution in [0.2, 0.25) is 0 Å². The second-order valence-electron chi connectivity index (χ2n) is 6.55. The van der Waals surface area contributed by atoms with Gasteiger partial charge in [-0.3, -0.25) is 10.1 Å². The number of ether oxygens (including phenoxy) is 3. The molecule has 0 saturated carbocycles. The molecule has 0 aliphatic rings. The van der Waals surface area contributed by atoms with Crippen molar-refractivity contribution >= 4 is 32.4 Å². The van der Waals surface area contributed by atoms with Gasteiger partial charge in [-0.05, 0) is 36.8 Å². The summed E-state index contributed by atoms with van der Waals surface area (Å²) in [4.78, 5) is 12.3. The predicted octanol–water partition coefficient (Wildman–Crippen LogP) is 2.60. The van der Waals surface area contributed by atoms with E-state index in [-0.39, 0.29) is 16.0 Å². The summed E-state index contributed by atoms with van der Waals surface area (Å²) in [6, 6.07) is 10.2. The van der Waals surface area contributed by atoms with Gasteiger partial charge in [-0.1, -0.05) is 29.0 Å². The number of nitrogens with zero attached hydrogens (tertiary/aromatic N) is 2. The van der Waals surface area contributed by atoms with Gasteiger partial charge < -0.3 is 14.2 Å². The molecule has 0 spiro atoms. The summed E-state index contributed by atoms with van der Waals surface area (Å²) in [7, 11) is 0.454. The van der Waals surface area contributed by atoms with E-state index >= 15 is 0 Å². The maximum absolute atomic E-state index is 12.6. The van der Waals surface area contributed by atoms with Gasteiger partial charge in [0.05, 0.1) is 21.3 Å². The van der Waals surface area contributed by atoms with Crippen LogP contribution < -0.4 is 24.2 Å². The van der Waals surface area contributed by atoms with Crippen LogP contribution in [0.1, 0.15) is 21.5 Å². The number of hydrogen-bond donors (Lipinski definition) is 2. The molecule has 0 aliphatic carbocycles. The predicted molar refractivity (Wildman–Crippen MR) is 119 cm³/mol. The first kappa shape index (κ1) is 23.4. The molecule has 0 radical (unpaired) electrons. The Morgan fingerprint density at radius 1 is 1.00 bits per heavy atom. The van der Waals surface area contributed by atoms with Crippen molar-refractivity contribution in [3.8, 4) is 17.2 Å². The summed E-state index contributed by atoms with van der Waals surface area (Å²) in [5.41, 5.74) is 2.03. The first-order valence-corrected chi connectivity index (χ1v) is 11.6. The molecule has 10 nitrogen and oxygen atoms in total. The van der Waals surface area contributed by atoms with Gasteiger partial charge in [0.2, 0.25) is 15.2 Å². The van der Waals surface area contributed by atoms with Crippen LogP contribution >= 0.6 is 11.3 Å². The maximum atomic E-state index is 12.6. The van der Waals surface area contributed by atoms with Gasteiger partial charge in [-0.15, -0.1) is 10.2 Å². The van der Waals surface area contributed by atoms with Crippen LogP contribution in [0.3, 0.4) is 0 Å². The number of nitrogens with one attached hydrogen (secondary N) is 2. The van der Waals surface area contributed by atoms with Crippen LogP contribution in [0.25, 0.3) is 0 Å². The van der Waals surface area contributed by atoms with Crippen molar-refractivity contribution in [3.05, 3.63) is 53.1 Å². The minimum atomic E-state index is -3.97. The Morgan fingerprint density at radius 3 is 2.19 bits per heavy atom. The largest absolute Gasteiger partial charge is 0.493 e. The standard InChI is InChI=1S/C20H22N4O6S2/c1-12-5-7-14(8-6-12)18(25)22-19-23-24-20(31-19)32(26,27)21-11-13-9-15(28-2)17(30-4)16(10-13)29-3/h5-10,21H,11H2,1-4H3,(H,22,23,25). The van der Waals surface area contributed by atoms with E-state index < -0.39 is 15.9 Å². The third-order valence-corrected chi connectivity index (χ3v) is 6.97. The van der Waals surface area contributed by atoms with Gasteiger partial charge in [-0.25, -0.2) is 13.1 Å². The first-order chi connectivity index (χ1) is 15.3. The zero-order chi connectivity index (χ0) is 23.3. The summed E-state index contributed by atoms with van der Waals surface area (Å²) >= 11 is 0.748. The number of aromatic nitrogens is 2. The van der Waals surface area contributed by atoms with Gasteiger partial charge in [0.1, 0.15) is 0 Å².